The molecule has 0 aliphatic heterocycles. The van der Waals surface area contributed by atoms with Gasteiger partial charge in [-0.05, 0) is 104 Å². The molecule has 43 heavy (non-hydrogen) atoms. The van der Waals surface area contributed by atoms with Crippen LogP contribution in [0.1, 0.15) is 140 Å². The minimum atomic E-state index is -0.976. The molecule has 0 bridgehead atoms. The van der Waals surface area contributed by atoms with Crippen molar-refractivity contribution in [2.24, 2.45) is 21.7 Å². The summed E-state index contributed by atoms with van der Waals surface area (Å²) in [5.74, 6) is -0.588. The monoisotopic (exact) mass is 582 g/mol. The molecule has 4 nitrogen and oxygen atoms in total. The summed E-state index contributed by atoms with van der Waals surface area (Å²) in [5, 5.41) is 11.6. The zero-order valence-electron chi connectivity index (χ0n) is 28.2. The quantitative estimate of drug-likeness (QED) is 0.351. The molecular weight excluding hydrogens is 532 g/mol. The molecule has 0 radical (unpaired) electrons. The van der Waals surface area contributed by atoms with Gasteiger partial charge < -0.3 is 5.11 Å². The number of aliphatic hydroxyl groups excluding tert-OH is 1. The van der Waals surface area contributed by atoms with Gasteiger partial charge in [0, 0.05) is 23.0 Å². The van der Waals surface area contributed by atoms with Gasteiger partial charge in [-0.15, -0.1) is 0 Å². The van der Waals surface area contributed by atoms with Gasteiger partial charge >= 0.3 is 0 Å². The summed E-state index contributed by atoms with van der Waals surface area (Å²) in [6, 6.07) is 2.34. The van der Waals surface area contributed by atoms with Crippen LogP contribution in [0.3, 0.4) is 0 Å². The minimum Gasteiger partial charge on any atom is -0.510 e. The van der Waals surface area contributed by atoms with E-state index in [0.717, 1.165) is 52.7 Å². The fourth-order valence-corrected chi connectivity index (χ4v) is 8.96. The van der Waals surface area contributed by atoms with Gasteiger partial charge in [0.1, 0.15) is 5.76 Å². The van der Waals surface area contributed by atoms with Crippen LogP contribution >= 0.6 is 0 Å². The van der Waals surface area contributed by atoms with Crippen LogP contribution in [0.2, 0.25) is 0 Å². The van der Waals surface area contributed by atoms with Crippen molar-refractivity contribution in [2.75, 3.05) is 0 Å². The summed E-state index contributed by atoms with van der Waals surface area (Å²) < 4.78 is 0. The number of aliphatic hydroxyl groups is 1. The lowest BCUT2D eigenvalue weighted by Gasteiger charge is -2.59. The number of fused-ring (bicyclic) bond motifs is 3. The Hall–Kier alpha value is -3.01. The Kier molecular flexibility index (Phi) is 7.31. The van der Waals surface area contributed by atoms with Crippen LogP contribution in [0.4, 0.5) is 0 Å². The van der Waals surface area contributed by atoms with Crippen LogP contribution in [0.5, 0.6) is 0 Å². The molecular formula is C39H50O4. The van der Waals surface area contributed by atoms with Gasteiger partial charge in [-0.1, -0.05) is 77.8 Å². The number of allylic oxidation sites excluding steroid dienone is 7. The van der Waals surface area contributed by atoms with Crippen molar-refractivity contribution in [2.45, 2.75) is 121 Å². The summed E-state index contributed by atoms with van der Waals surface area (Å²) in [7, 11) is 0. The number of hydrogen-bond donors (Lipinski definition) is 1. The summed E-state index contributed by atoms with van der Waals surface area (Å²) in [5.41, 5.74) is 7.75. The minimum absolute atomic E-state index is 0.0411. The first-order chi connectivity index (χ1) is 19.8. The molecule has 0 unspecified atom stereocenters. The lowest BCUT2D eigenvalue weighted by molar-refractivity contribution is -0.127. The molecule has 3 atom stereocenters. The number of benzene rings is 1. The molecule has 0 aromatic heterocycles. The van der Waals surface area contributed by atoms with Crippen molar-refractivity contribution in [3.05, 3.63) is 74.1 Å². The highest BCUT2D eigenvalue weighted by molar-refractivity contribution is 6.21. The van der Waals surface area contributed by atoms with Gasteiger partial charge in [-0.2, -0.15) is 0 Å². The number of Topliss-reactive ketones (excluding diaryl/α,β-unsaturated/α-hetero) is 3. The molecule has 0 amide bonds. The van der Waals surface area contributed by atoms with Crippen molar-refractivity contribution in [1.29, 1.82) is 0 Å². The average Bonchev–Trinajstić information content (AvgIpc) is 3.33. The highest BCUT2D eigenvalue weighted by Gasteiger charge is 2.63. The zero-order valence-corrected chi connectivity index (χ0v) is 28.2. The highest BCUT2D eigenvalue weighted by Crippen LogP contribution is 2.67. The first kappa shape index (κ1) is 31.4. The van der Waals surface area contributed by atoms with Crippen molar-refractivity contribution in [1.82, 2.24) is 0 Å². The smallest absolute Gasteiger partial charge is 0.190 e. The molecule has 1 aromatic rings. The molecule has 0 saturated heterocycles. The van der Waals surface area contributed by atoms with Crippen LogP contribution in [-0.4, -0.2) is 22.5 Å². The molecule has 1 aromatic carbocycles. The Morgan fingerprint density at radius 3 is 2.28 bits per heavy atom. The van der Waals surface area contributed by atoms with Crippen LogP contribution in [0.25, 0.3) is 5.57 Å². The average molecular weight is 583 g/mol. The number of hydrogen-bond acceptors (Lipinski definition) is 4. The third-order valence-corrected chi connectivity index (χ3v) is 11.5. The van der Waals surface area contributed by atoms with Crippen LogP contribution in [0, 0.1) is 28.6 Å². The van der Waals surface area contributed by atoms with Crippen molar-refractivity contribution in [3.8, 4) is 0 Å². The van der Waals surface area contributed by atoms with Crippen LogP contribution in [0.15, 0.2) is 46.3 Å². The topological polar surface area (TPSA) is 71.4 Å². The number of rotatable bonds is 5. The molecule has 4 heteroatoms. The van der Waals surface area contributed by atoms with Crippen LogP contribution in [-0.2, 0) is 16.0 Å². The largest absolute Gasteiger partial charge is 0.510 e. The number of ketones is 3. The summed E-state index contributed by atoms with van der Waals surface area (Å²) in [4.78, 5) is 40.6. The van der Waals surface area contributed by atoms with Crippen molar-refractivity contribution >= 4 is 22.9 Å². The van der Waals surface area contributed by atoms with Gasteiger partial charge in [0.2, 0.25) is 0 Å². The maximum Gasteiger partial charge on any atom is 0.190 e. The fourth-order valence-electron chi connectivity index (χ4n) is 8.96. The summed E-state index contributed by atoms with van der Waals surface area (Å²) in [6.07, 6.45) is 9.13. The molecule has 4 aliphatic carbocycles. The second-order valence-electron chi connectivity index (χ2n) is 16.2. The summed E-state index contributed by atoms with van der Waals surface area (Å²) in [6.45, 7) is 22.8. The second-order valence-corrected chi connectivity index (χ2v) is 16.2. The Morgan fingerprint density at radius 1 is 1.05 bits per heavy atom. The Balaban J connectivity index is 1.67. The maximum absolute atomic E-state index is 14.9. The predicted octanol–water partition coefficient (Wildman–Crippen LogP) is 9.51. The molecule has 0 heterocycles. The van der Waals surface area contributed by atoms with Gasteiger partial charge in [-0.25, -0.2) is 0 Å². The molecule has 4 aliphatic rings. The van der Waals surface area contributed by atoms with Crippen molar-refractivity contribution < 1.29 is 19.5 Å². The first-order valence-corrected chi connectivity index (χ1v) is 16.1. The van der Waals surface area contributed by atoms with Gasteiger partial charge in [0.05, 0.1) is 11.0 Å². The molecule has 230 valence electrons. The van der Waals surface area contributed by atoms with Crippen molar-refractivity contribution in [3.63, 3.8) is 0 Å². The number of carbonyl (C=O) groups is 3. The molecule has 0 saturated carbocycles. The van der Waals surface area contributed by atoms with E-state index < -0.39 is 22.0 Å². The predicted molar refractivity (Wildman–Crippen MR) is 174 cm³/mol. The van der Waals surface area contributed by atoms with E-state index in [1.807, 2.05) is 13.8 Å². The standard InChI is InChI=1S/C39H50O4/c1-21(2)27-17-28(26-13-12-25(16-26)14-15-36(6,7)8)22(3)31-29(27)18-37(9)20-38(10)19-30(41)32(24(5)40)35(43)39(38,11)23(4)33(37)34(31)42/h12-13,17,21,43H,14-16,18-20H2,1-11H3/t37-,38+,39+/m1/s1. The third kappa shape index (κ3) is 4.66. The van der Waals surface area contributed by atoms with Gasteiger partial charge in [0.25, 0.3) is 0 Å². The molecule has 0 spiro atoms. The Bertz CT molecular complexity index is 1600. The van der Waals surface area contributed by atoms with Gasteiger partial charge in [0.15, 0.2) is 17.3 Å². The van der Waals surface area contributed by atoms with E-state index in [4.69, 9.17) is 0 Å². The molecule has 5 rings (SSSR count). The molecule has 0 fully saturated rings. The third-order valence-electron chi connectivity index (χ3n) is 11.5. The second kappa shape index (κ2) is 10.0. The van der Waals surface area contributed by atoms with E-state index in [1.54, 1.807) is 0 Å². The van der Waals surface area contributed by atoms with E-state index in [0.29, 0.717) is 12.8 Å². The Morgan fingerprint density at radius 2 is 1.70 bits per heavy atom. The fraction of sp³-hybridized carbons (Fsp3) is 0.564. The lowest BCUT2D eigenvalue weighted by atomic mass is 9.43. The normalized spacial score (nSPS) is 29.0. The summed E-state index contributed by atoms with van der Waals surface area (Å²) >= 11 is 0. The first-order valence-electron chi connectivity index (χ1n) is 16.1. The van der Waals surface area contributed by atoms with E-state index in [1.165, 1.54) is 23.6 Å². The zero-order chi connectivity index (χ0) is 32.0. The van der Waals surface area contributed by atoms with Crippen LogP contribution < -0.4 is 0 Å². The van der Waals surface area contributed by atoms with Gasteiger partial charge in [-0.3, -0.25) is 14.4 Å². The molecule has 1 N–H and O–H groups in total. The Labute approximate surface area is 258 Å². The highest BCUT2D eigenvalue weighted by atomic mass is 16.3. The number of carbonyl (C=O) groups excluding carboxylic acids is 3. The van der Waals surface area contributed by atoms with E-state index in [2.05, 4.69) is 73.6 Å². The SMILES string of the molecule is CC(=O)C1=C(O)[C@]2(C)C(C)=C3C(=O)c4c(C)c(C5=CC=C(CCC(C)(C)C)C5)cc(C(C)C)c4C[C@]3(C)C[C@]2(C)CC1=O. The van der Waals surface area contributed by atoms with E-state index >= 15 is 0 Å². The lowest BCUT2D eigenvalue weighted by Crippen LogP contribution is -2.55. The maximum atomic E-state index is 14.9. The van der Waals surface area contributed by atoms with E-state index in [9.17, 15) is 19.5 Å². The van der Waals surface area contributed by atoms with E-state index in [-0.39, 0.29) is 40.7 Å².